The molecule has 0 spiro atoms. The van der Waals surface area contributed by atoms with E-state index in [4.69, 9.17) is 14.2 Å². The van der Waals surface area contributed by atoms with E-state index in [-0.39, 0.29) is 18.6 Å². The Hall–Kier alpha value is -2.69. The SMILES string of the molecule is CCC(C)c1ccccc1OCC(=O)N1CCCC1c1cc(OC)ccc1OC. The summed E-state index contributed by atoms with van der Waals surface area (Å²) in [5.41, 5.74) is 2.13. The monoisotopic (exact) mass is 397 g/mol. The number of para-hydroxylation sites is 1. The highest BCUT2D eigenvalue weighted by Gasteiger charge is 2.32. The number of hydrogen-bond donors (Lipinski definition) is 0. The Morgan fingerprint density at radius 1 is 1.14 bits per heavy atom. The van der Waals surface area contributed by atoms with Crippen LogP contribution in [-0.2, 0) is 4.79 Å². The van der Waals surface area contributed by atoms with Crippen molar-refractivity contribution >= 4 is 5.91 Å². The van der Waals surface area contributed by atoms with E-state index in [1.54, 1.807) is 14.2 Å². The van der Waals surface area contributed by atoms with Crippen LogP contribution in [0.2, 0.25) is 0 Å². The largest absolute Gasteiger partial charge is 0.497 e. The summed E-state index contributed by atoms with van der Waals surface area (Å²) in [6.45, 7) is 5.09. The number of ether oxygens (including phenoxy) is 3. The molecule has 3 rings (SSSR count). The van der Waals surface area contributed by atoms with E-state index >= 15 is 0 Å². The van der Waals surface area contributed by atoms with Crippen LogP contribution in [0.1, 0.15) is 56.2 Å². The van der Waals surface area contributed by atoms with Crippen molar-refractivity contribution < 1.29 is 19.0 Å². The quantitative estimate of drug-likeness (QED) is 0.632. The number of carbonyl (C=O) groups is 1. The van der Waals surface area contributed by atoms with Crippen molar-refractivity contribution in [2.24, 2.45) is 0 Å². The number of methoxy groups -OCH3 is 2. The molecule has 0 aromatic heterocycles. The molecule has 5 heteroatoms. The standard InChI is InChI=1S/C24H31NO4/c1-5-17(2)19-9-6-7-11-23(19)29-16-24(26)25-14-8-10-21(25)20-15-18(27-3)12-13-22(20)28-4/h6-7,9,11-13,15,17,21H,5,8,10,14,16H2,1-4H3. The van der Waals surface area contributed by atoms with Gasteiger partial charge in [0.1, 0.15) is 17.2 Å². The van der Waals surface area contributed by atoms with Gasteiger partial charge in [0.05, 0.1) is 20.3 Å². The van der Waals surface area contributed by atoms with E-state index in [1.807, 2.05) is 41.3 Å². The molecule has 0 N–H and O–H groups in total. The Kier molecular flexibility index (Phi) is 7.02. The predicted molar refractivity (Wildman–Crippen MR) is 114 cm³/mol. The van der Waals surface area contributed by atoms with E-state index < -0.39 is 0 Å². The topological polar surface area (TPSA) is 48.0 Å². The lowest BCUT2D eigenvalue weighted by Crippen LogP contribution is -2.34. The van der Waals surface area contributed by atoms with E-state index in [0.717, 1.165) is 54.2 Å². The molecule has 1 aliphatic heterocycles. The molecule has 156 valence electrons. The summed E-state index contributed by atoms with van der Waals surface area (Å²) in [4.78, 5) is 14.9. The van der Waals surface area contributed by atoms with Crippen LogP contribution < -0.4 is 14.2 Å². The van der Waals surface area contributed by atoms with Crippen molar-refractivity contribution in [3.8, 4) is 17.2 Å². The summed E-state index contributed by atoms with van der Waals surface area (Å²) in [6, 6.07) is 13.7. The molecule has 2 aromatic carbocycles. The zero-order valence-electron chi connectivity index (χ0n) is 17.8. The normalized spacial score (nSPS) is 17.1. The molecular weight excluding hydrogens is 366 g/mol. The lowest BCUT2D eigenvalue weighted by Gasteiger charge is -2.27. The molecule has 0 aliphatic carbocycles. The van der Waals surface area contributed by atoms with Crippen LogP contribution in [0.15, 0.2) is 42.5 Å². The maximum Gasteiger partial charge on any atom is 0.261 e. The minimum absolute atomic E-state index is 0.00340. The Morgan fingerprint density at radius 3 is 2.66 bits per heavy atom. The molecule has 0 bridgehead atoms. The lowest BCUT2D eigenvalue weighted by atomic mass is 9.98. The van der Waals surface area contributed by atoms with Crippen LogP contribution in [0, 0.1) is 0 Å². The molecular formula is C24H31NO4. The molecule has 2 atom stereocenters. The zero-order chi connectivity index (χ0) is 20.8. The van der Waals surface area contributed by atoms with Crippen LogP contribution in [0.3, 0.4) is 0 Å². The smallest absolute Gasteiger partial charge is 0.261 e. The summed E-state index contributed by atoms with van der Waals surface area (Å²) in [5, 5.41) is 0. The Morgan fingerprint density at radius 2 is 1.93 bits per heavy atom. The highest BCUT2D eigenvalue weighted by atomic mass is 16.5. The lowest BCUT2D eigenvalue weighted by molar-refractivity contribution is -0.134. The van der Waals surface area contributed by atoms with E-state index in [2.05, 4.69) is 19.9 Å². The van der Waals surface area contributed by atoms with Crippen LogP contribution in [-0.4, -0.2) is 38.2 Å². The van der Waals surface area contributed by atoms with Crippen molar-refractivity contribution in [2.45, 2.75) is 45.1 Å². The third-order valence-electron chi connectivity index (χ3n) is 5.78. The van der Waals surface area contributed by atoms with Gasteiger partial charge in [0.15, 0.2) is 6.61 Å². The second-order valence-electron chi connectivity index (χ2n) is 7.49. The van der Waals surface area contributed by atoms with Crippen LogP contribution in [0.25, 0.3) is 0 Å². The van der Waals surface area contributed by atoms with Gasteiger partial charge in [-0.15, -0.1) is 0 Å². The molecule has 1 amide bonds. The minimum Gasteiger partial charge on any atom is -0.497 e. The number of rotatable bonds is 8. The molecule has 1 heterocycles. The average Bonchev–Trinajstić information content (AvgIpc) is 3.26. The van der Waals surface area contributed by atoms with Crippen molar-refractivity contribution in [3.63, 3.8) is 0 Å². The number of hydrogen-bond acceptors (Lipinski definition) is 4. The van der Waals surface area contributed by atoms with E-state index in [0.29, 0.717) is 5.92 Å². The van der Waals surface area contributed by atoms with Gasteiger partial charge in [-0.25, -0.2) is 0 Å². The number of benzene rings is 2. The fourth-order valence-electron chi connectivity index (χ4n) is 3.95. The molecule has 1 aliphatic rings. The van der Waals surface area contributed by atoms with E-state index in [1.165, 1.54) is 0 Å². The maximum atomic E-state index is 13.0. The summed E-state index contributed by atoms with van der Waals surface area (Å²) < 4.78 is 16.9. The Balaban J connectivity index is 1.75. The van der Waals surface area contributed by atoms with Crippen LogP contribution >= 0.6 is 0 Å². The summed E-state index contributed by atoms with van der Waals surface area (Å²) >= 11 is 0. The second-order valence-corrected chi connectivity index (χ2v) is 7.49. The number of nitrogens with zero attached hydrogens (tertiary/aromatic N) is 1. The first-order chi connectivity index (χ1) is 14.1. The fourth-order valence-corrected chi connectivity index (χ4v) is 3.95. The van der Waals surface area contributed by atoms with E-state index in [9.17, 15) is 4.79 Å². The van der Waals surface area contributed by atoms with Gasteiger partial charge in [0.25, 0.3) is 5.91 Å². The number of amides is 1. The number of carbonyl (C=O) groups excluding carboxylic acids is 1. The van der Waals surface area contributed by atoms with Crippen molar-refractivity contribution in [3.05, 3.63) is 53.6 Å². The van der Waals surface area contributed by atoms with Gasteiger partial charge in [0.2, 0.25) is 0 Å². The Labute approximate surface area is 173 Å². The molecule has 1 saturated heterocycles. The van der Waals surface area contributed by atoms with Gasteiger partial charge in [-0.1, -0.05) is 32.0 Å². The number of likely N-dealkylation sites (tertiary alicyclic amines) is 1. The summed E-state index contributed by atoms with van der Waals surface area (Å²) in [5.74, 6) is 2.72. The van der Waals surface area contributed by atoms with Gasteiger partial charge in [-0.05, 0) is 55.0 Å². The first kappa shape index (κ1) is 21.0. The minimum atomic E-state index is -0.0269. The highest BCUT2D eigenvalue weighted by Crippen LogP contribution is 2.39. The summed E-state index contributed by atoms with van der Waals surface area (Å²) in [6.07, 6.45) is 2.89. The molecule has 2 unspecified atom stereocenters. The van der Waals surface area contributed by atoms with Gasteiger partial charge in [-0.3, -0.25) is 4.79 Å². The van der Waals surface area contributed by atoms with Crippen molar-refractivity contribution in [1.82, 2.24) is 4.90 Å². The first-order valence-electron chi connectivity index (χ1n) is 10.3. The highest BCUT2D eigenvalue weighted by molar-refractivity contribution is 5.79. The molecule has 2 aromatic rings. The predicted octanol–water partition coefficient (Wildman–Crippen LogP) is 4.96. The third-order valence-corrected chi connectivity index (χ3v) is 5.78. The van der Waals surface area contributed by atoms with Crippen LogP contribution in [0.4, 0.5) is 0 Å². The third kappa shape index (κ3) is 4.66. The van der Waals surface area contributed by atoms with Gasteiger partial charge < -0.3 is 19.1 Å². The Bertz CT molecular complexity index is 835. The van der Waals surface area contributed by atoms with Crippen molar-refractivity contribution in [1.29, 1.82) is 0 Å². The first-order valence-corrected chi connectivity index (χ1v) is 10.3. The molecule has 29 heavy (non-hydrogen) atoms. The molecule has 0 radical (unpaired) electrons. The summed E-state index contributed by atoms with van der Waals surface area (Å²) in [7, 11) is 3.30. The maximum absolute atomic E-state index is 13.0. The zero-order valence-corrected chi connectivity index (χ0v) is 17.8. The van der Waals surface area contributed by atoms with Crippen molar-refractivity contribution in [2.75, 3.05) is 27.4 Å². The van der Waals surface area contributed by atoms with Crippen LogP contribution in [0.5, 0.6) is 17.2 Å². The fraction of sp³-hybridized carbons (Fsp3) is 0.458. The van der Waals surface area contributed by atoms with Gasteiger partial charge >= 0.3 is 0 Å². The molecule has 0 saturated carbocycles. The average molecular weight is 398 g/mol. The van der Waals surface area contributed by atoms with Gasteiger partial charge in [-0.2, -0.15) is 0 Å². The molecule has 5 nitrogen and oxygen atoms in total. The molecule has 1 fully saturated rings. The second kappa shape index (κ2) is 9.68. The van der Waals surface area contributed by atoms with Gasteiger partial charge in [0, 0.05) is 12.1 Å².